The van der Waals surface area contributed by atoms with Gasteiger partial charge in [0.15, 0.2) is 5.96 Å². The quantitative estimate of drug-likeness (QED) is 0.439. The lowest BCUT2D eigenvalue weighted by atomic mass is 10.1. The van der Waals surface area contributed by atoms with E-state index in [-0.39, 0.29) is 24.0 Å². The summed E-state index contributed by atoms with van der Waals surface area (Å²) in [5.74, 6) is 0.958. The van der Waals surface area contributed by atoms with E-state index in [0.717, 1.165) is 36.1 Å². The summed E-state index contributed by atoms with van der Waals surface area (Å²) in [4.78, 5) is 11.7. The second-order valence-corrected chi connectivity index (χ2v) is 5.95. The molecule has 1 saturated heterocycles. The van der Waals surface area contributed by atoms with Crippen LogP contribution in [0.3, 0.4) is 0 Å². The van der Waals surface area contributed by atoms with E-state index in [1.54, 1.807) is 0 Å². The number of guanidine groups is 1. The second kappa shape index (κ2) is 9.61. The number of anilines is 1. The summed E-state index contributed by atoms with van der Waals surface area (Å²) in [6.45, 7) is 4.76. The molecule has 1 aromatic carbocycles. The van der Waals surface area contributed by atoms with Crippen molar-refractivity contribution < 1.29 is 0 Å². The van der Waals surface area contributed by atoms with Gasteiger partial charge in [0.25, 0.3) is 0 Å². The van der Waals surface area contributed by atoms with Crippen LogP contribution in [0.1, 0.15) is 30.7 Å². The van der Waals surface area contributed by atoms with Gasteiger partial charge in [-0.15, -0.1) is 24.0 Å². The molecule has 2 aromatic rings. The predicted molar refractivity (Wildman–Crippen MR) is 111 cm³/mol. The lowest BCUT2D eigenvalue weighted by Gasteiger charge is -2.30. The van der Waals surface area contributed by atoms with E-state index >= 15 is 0 Å². The van der Waals surface area contributed by atoms with Crippen LogP contribution in [0.25, 0.3) is 0 Å². The van der Waals surface area contributed by atoms with Gasteiger partial charge in [0.05, 0.1) is 12.2 Å². The Labute approximate surface area is 161 Å². The third-order valence-corrected chi connectivity index (χ3v) is 4.02. The fourth-order valence-corrected chi connectivity index (χ4v) is 2.82. The molecule has 1 aliphatic heterocycles. The highest BCUT2D eigenvalue weighted by atomic mass is 127. The highest BCUT2D eigenvalue weighted by molar-refractivity contribution is 14.0. The van der Waals surface area contributed by atoms with Crippen LogP contribution in [0.5, 0.6) is 0 Å². The van der Waals surface area contributed by atoms with Crippen molar-refractivity contribution in [3.63, 3.8) is 0 Å². The standard InChI is InChI=1S/C19H24N4.HI/c1-16-9-8-12-18(21-16)15-20-19(23-13-6-3-7-14-23)22-17-10-4-2-5-11-17;/h2,4-5,8-12H,3,6-7,13-15H2,1H3,(H,20,22);1H. The number of hydrogen-bond acceptors (Lipinski definition) is 2. The number of aromatic nitrogens is 1. The van der Waals surface area contributed by atoms with E-state index in [4.69, 9.17) is 4.99 Å². The molecule has 1 aliphatic rings. The van der Waals surface area contributed by atoms with Gasteiger partial charge in [0, 0.05) is 24.5 Å². The summed E-state index contributed by atoms with van der Waals surface area (Å²) in [5.41, 5.74) is 3.12. The number of piperidine rings is 1. The van der Waals surface area contributed by atoms with Gasteiger partial charge in [0.1, 0.15) is 0 Å². The molecule has 0 atom stereocenters. The highest BCUT2D eigenvalue weighted by Gasteiger charge is 2.15. The molecule has 0 amide bonds. The molecule has 24 heavy (non-hydrogen) atoms. The average Bonchev–Trinajstić information content (AvgIpc) is 2.60. The van der Waals surface area contributed by atoms with Gasteiger partial charge in [-0.3, -0.25) is 4.98 Å². The number of para-hydroxylation sites is 1. The van der Waals surface area contributed by atoms with Gasteiger partial charge in [-0.1, -0.05) is 24.3 Å². The number of benzene rings is 1. The summed E-state index contributed by atoms with van der Waals surface area (Å²) in [6, 6.07) is 16.3. The number of nitrogens with zero attached hydrogens (tertiary/aromatic N) is 3. The fraction of sp³-hybridized carbons (Fsp3) is 0.368. The van der Waals surface area contributed by atoms with Gasteiger partial charge in [0.2, 0.25) is 0 Å². The largest absolute Gasteiger partial charge is 0.343 e. The summed E-state index contributed by atoms with van der Waals surface area (Å²) < 4.78 is 0. The number of nitrogens with one attached hydrogen (secondary N) is 1. The van der Waals surface area contributed by atoms with Gasteiger partial charge < -0.3 is 10.2 Å². The first kappa shape index (κ1) is 18.7. The Balaban J connectivity index is 0.00000208. The first-order chi connectivity index (χ1) is 11.3. The number of hydrogen-bond donors (Lipinski definition) is 1. The van der Waals surface area contributed by atoms with Crippen molar-refractivity contribution in [2.24, 2.45) is 4.99 Å². The number of rotatable bonds is 3. The molecule has 1 aromatic heterocycles. The Morgan fingerprint density at radius 3 is 2.50 bits per heavy atom. The van der Waals surface area contributed by atoms with Crippen molar-refractivity contribution >= 4 is 35.6 Å². The molecule has 1 fully saturated rings. The number of aliphatic imine (C=N–C) groups is 1. The van der Waals surface area contributed by atoms with Crippen LogP contribution in [0.4, 0.5) is 5.69 Å². The molecule has 5 heteroatoms. The van der Waals surface area contributed by atoms with E-state index < -0.39 is 0 Å². The van der Waals surface area contributed by atoms with Crippen LogP contribution in [0.2, 0.25) is 0 Å². The van der Waals surface area contributed by atoms with Gasteiger partial charge in [-0.25, -0.2) is 4.99 Å². The maximum atomic E-state index is 4.82. The summed E-state index contributed by atoms with van der Waals surface area (Å²) in [5, 5.41) is 3.48. The summed E-state index contributed by atoms with van der Waals surface area (Å²) in [6.07, 6.45) is 3.78. The second-order valence-electron chi connectivity index (χ2n) is 5.95. The van der Waals surface area contributed by atoms with Crippen molar-refractivity contribution in [1.29, 1.82) is 0 Å². The minimum Gasteiger partial charge on any atom is -0.343 e. The molecule has 0 bridgehead atoms. The van der Waals surface area contributed by atoms with Gasteiger partial charge in [-0.2, -0.15) is 0 Å². The topological polar surface area (TPSA) is 40.5 Å². The van der Waals surface area contributed by atoms with Crippen molar-refractivity contribution in [3.8, 4) is 0 Å². The third-order valence-electron chi connectivity index (χ3n) is 4.02. The van der Waals surface area contributed by atoms with Crippen molar-refractivity contribution in [1.82, 2.24) is 9.88 Å². The zero-order valence-electron chi connectivity index (χ0n) is 14.1. The van der Waals surface area contributed by atoms with Crippen molar-refractivity contribution in [2.75, 3.05) is 18.4 Å². The van der Waals surface area contributed by atoms with E-state index in [1.165, 1.54) is 19.3 Å². The first-order valence-corrected chi connectivity index (χ1v) is 8.35. The van der Waals surface area contributed by atoms with Crippen LogP contribution in [-0.2, 0) is 6.54 Å². The maximum absolute atomic E-state index is 4.82. The van der Waals surface area contributed by atoms with Gasteiger partial charge in [-0.05, 0) is 50.5 Å². The Morgan fingerprint density at radius 2 is 1.79 bits per heavy atom. The fourth-order valence-electron chi connectivity index (χ4n) is 2.82. The SMILES string of the molecule is Cc1cccc(CN=C(Nc2ccccc2)N2CCCCC2)n1.I. The molecule has 0 unspecified atom stereocenters. The molecule has 4 nitrogen and oxygen atoms in total. The molecule has 0 saturated carbocycles. The molecule has 0 aliphatic carbocycles. The Bertz CT molecular complexity index is 651. The van der Waals surface area contributed by atoms with E-state index in [0.29, 0.717) is 6.54 Å². The Hall–Kier alpha value is -1.63. The molecule has 1 N–H and O–H groups in total. The summed E-state index contributed by atoms with van der Waals surface area (Å²) >= 11 is 0. The zero-order valence-corrected chi connectivity index (χ0v) is 16.4. The van der Waals surface area contributed by atoms with Crippen LogP contribution in [0, 0.1) is 6.92 Å². The smallest absolute Gasteiger partial charge is 0.198 e. The molecule has 0 radical (unpaired) electrons. The molecule has 3 rings (SSSR count). The van der Waals surface area contributed by atoms with Crippen LogP contribution >= 0.6 is 24.0 Å². The third kappa shape index (κ3) is 5.47. The molecule has 0 spiro atoms. The average molecular weight is 436 g/mol. The van der Waals surface area contributed by atoms with Gasteiger partial charge >= 0.3 is 0 Å². The molecular weight excluding hydrogens is 411 g/mol. The number of halogens is 1. The number of aryl methyl sites for hydroxylation is 1. The Morgan fingerprint density at radius 1 is 1.04 bits per heavy atom. The van der Waals surface area contributed by atoms with Crippen LogP contribution in [-0.4, -0.2) is 28.9 Å². The summed E-state index contributed by atoms with van der Waals surface area (Å²) in [7, 11) is 0. The lowest BCUT2D eigenvalue weighted by molar-refractivity contribution is 0.340. The van der Waals surface area contributed by atoms with E-state index in [2.05, 4.69) is 27.3 Å². The first-order valence-electron chi connectivity index (χ1n) is 8.35. The predicted octanol–water partition coefficient (Wildman–Crippen LogP) is 4.46. The van der Waals surface area contributed by atoms with Crippen molar-refractivity contribution in [3.05, 3.63) is 59.9 Å². The van der Waals surface area contributed by atoms with Crippen LogP contribution in [0.15, 0.2) is 53.5 Å². The minimum absolute atomic E-state index is 0. The monoisotopic (exact) mass is 436 g/mol. The van der Waals surface area contributed by atoms with E-state index in [9.17, 15) is 0 Å². The normalized spacial score (nSPS) is 14.9. The number of likely N-dealkylation sites (tertiary alicyclic amines) is 1. The molecule has 2 heterocycles. The Kier molecular flexibility index (Phi) is 7.49. The molecule has 128 valence electrons. The lowest BCUT2D eigenvalue weighted by Crippen LogP contribution is -2.40. The van der Waals surface area contributed by atoms with Crippen molar-refractivity contribution in [2.45, 2.75) is 32.7 Å². The zero-order chi connectivity index (χ0) is 15.9. The minimum atomic E-state index is 0. The van der Waals surface area contributed by atoms with Crippen LogP contribution < -0.4 is 5.32 Å². The maximum Gasteiger partial charge on any atom is 0.198 e. The highest BCUT2D eigenvalue weighted by Crippen LogP contribution is 2.13. The molecular formula is C19H25IN4. The number of pyridine rings is 1. The van der Waals surface area contributed by atoms with E-state index in [1.807, 2.05) is 43.3 Å².